The summed E-state index contributed by atoms with van der Waals surface area (Å²) < 4.78 is 9.49. The molecule has 0 radical (unpaired) electrons. The zero-order valence-electron chi connectivity index (χ0n) is 14.4. The number of fused-ring (bicyclic) bond motifs is 3. The number of ether oxygens (including phenoxy) is 1. The van der Waals surface area contributed by atoms with E-state index in [0.717, 1.165) is 48.7 Å². The van der Waals surface area contributed by atoms with E-state index in [1.165, 1.54) is 0 Å². The van der Waals surface area contributed by atoms with E-state index in [4.69, 9.17) is 4.74 Å². The first-order chi connectivity index (χ1) is 12.3. The Morgan fingerprint density at radius 2 is 2.20 bits per heavy atom. The lowest BCUT2D eigenvalue weighted by Crippen LogP contribution is -2.23. The van der Waals surface area contributed by atoms with Crippen molar-refractivity contribution in [3.63, 3.8) is 0 Å². The Bertz CT molecular complexity index is 943. The molecule has 1 saturated heterocycles. The molecular formula is C18H22N4O2S. The molecule has 0 spiro atoms. The normalized spacial score (nSPS) is 17.7. The molecule has 1 fully saturated rings. The molecule has 7 heteroatoms. The highest BCUT2D eigenvalue weighted by Gasteiger charge is 2.20. The van der Waals surface area contributed by atoms with E-state index < -0.39 is 0 Å². The van der Waals surface area contributed by atoms with Crippen LogP contribution in [-0.2, 0) is 11.3 Å². The Balaban J connectivity index is 1.82. The molecule has 6 nitrogen and oxygen atoms in total. The van der Waals surface area contributed by atoms with Crippen molar-refractivity contribution < 1.29 is 4.74 Å². The molecule has 132 valence electrons. The summed E-state index contributed by atoms with van der Waals surface area (Å²) in [5.41, 5.74) is 0.884. The Kier molecular flexibility index (Phi) is 4.76. The van der Waals surface area contributed by atoms with Gasteiger partial charge in [0.25, 0.3) is 5.56 Å². The molecule has 3 aromatic rings. The van der Waals surface area contributed by atoms with Crippen LogP contribution in [0.25, 0.3) is 16.7 Å². The van der Waals surface area contributed by atoms with Crippen LogP contribution < -0.4 is 5.56 Å². The number of hydrogen-bond acceptors (Lipinski definition) is 5. The van der Waals surface area contributed by atoms with Gasteiger partial charge in [-0.25, -0.2) is 0 Å². The van der Waals surface area contributed by atoms with Crippen LogP contribution in [0.4, 0.5) is 0 Å². The number of hydrogen-bond donors (Lipinski definition) is 0. The molecule has 1 aromatic carbocycles. The van der Waals surface area contributed by atoms with Gasteiger partial charge in [-0.05, 0) is 31.4 Å². The molecule has 0 N–H and O–H groups in total. The fraction of sp³-hybridized carbons (Fsp3) is 0.500. The van der Waals surface area contributed by atoms with Crippen molar-refractivity contribution in [2.75, 3.05) is 12.4 Å². The number of benzene rings is 1. The van der Waals surface area contributed by atoms with Gasteiger partial charge in [-0.15, -0.1) is 10.2 Å². The first-order valence-corrected chi connectivity index (χ1v) is 9.89. The molecule has 0 bridgehead atoms. The average Bonchev–Trinajstić information content (AvgIpc) is 3.30. The minimum Gasteiger partial charge on any atom is -0.377 e. The summed E-state index contributed by atoms with van der Waals surface area (Å²) in [6.07, 6.45) is 4.49. The van der Waals surface area contributed by atoms with Crippen LogP contribution in [0.1, 0.15) is 32.6 Å². The summed E-state index contributed by atoms with van der Waals surface area (Å²) in [7, 11) is 0. The van der Waals surface area contributed by atoms with Gasteiger partial charge in [-0.1, -0.05) is 37.2 Å². The molecule has 0 aliphatic carbocycles. The first kappa shape index (κ1) is 16.6. The summed E-state index contributed by atoms with van der Waals surface area (Å²) in [6.45, 7) is 3.64. The van der Waals surface area contributed by atoms with Crippen molar-refractivity contribution in [1.29, 1.82) is 0 Å². The number of thioether (sulfide) groups is 1. The highest BCUT2D eigenvalue weighted by molar-refractivity contribution is 7.99. The van der Waals surface area contributed by atoms with Gasteiger partial charge in [-0.2, -0.15) is 0 Å². The summed E-state index contributed by atoms with van der Waals surface area (Å²) >= 11 is 1.66. The average molecular weight is 358 g/mol. The Labute approximate surface area is 150 Å². The van der Waals surface area contributed by atoms with Crippen LogP contribution in [0.3, 0.4) is 0 Å². The van der Waals surface area contributed by atoms with Gasteiger partial charge >= 0.3 is 0 Å². The van der Waals surface area contributed by atoms with Gasteiger partial charge in [0, 0.05) is 18.9 Å². The minimum absolute atomic E-state index is 0.0135. The second-order valence-electron chi connectivity index (χ2n) is 6.39. The Morgan fingerprint density at radius 1 is 1.32 bits per heavy atom. The third-order valence-electron chi connectivity index (χ3n) is 4.64. The molecule has 25 heavy (non-hydrogen) atoms. The zero-order valence-corrected chi connectivity index (χ0v) is 15.2. The molecule has 1 unspecified atom stereocenters. The molecule has 2 aromatic heterocycles. The maximum Gasteiger partial charge on any atom is 0.262 e. The van der Waals surface area contributed by atoms with Crippen molar-refractivity contribution in [2.45, 2.75) is 50.4 Å². The lowest BCUT2D eigenvalue weighted by atomic mass is 10.2. The minimum atomic E-state index is 0.0135. The molecule has 3 heterocycles. The van der Waals surface area contributed by atoms with Crippen LogP contribution >= 0.6 is 11.8 Å². The fourth-order valence-electron chi connectivity index (χ4n) is 3.29. The van der Waals surface area contributed by atoms with Crippen LogP contribution in [0.15, 0.2) is 34.2 Å². The third-order valence-corrected chi connectivity index (χ3v) is 5.70. The molecule has 1 aliphatic rings. The van der Waals surface area contributed by atoms with Gasteiger partial charge in [0.1, 0.15) is 0 Å². The van der Waals surface area contributed by atoms with E-state index in [-0.39, 0.29) is 11.7 Å². The van der Waals surface area contributed by atoms with Crippen LogP contribution in [0.5, 0.6) is 0 Å². The predicted molar refractivity (Wildman–Crippen MR) is 99.4 cm³/mol. The molecule has 1 aliphatic heterocycles. The molecule has 0 amide bonds. The first-order valence-electron chi connectivity index (χ1n) is 8.90. The van der Waals surface area contributed by atoms with E-state index in [9.17, 15) is 4.79 Å². The fourth-order valence-corrected chi connectivity index (χ4v) is 4.29. The lowest BCUT2D eigenvalue weighted by Gasteiger charge is -2.11. The predicted octanol–water partition coefficient (Wildman–Crippen LogP) is 3.12. The zero-order chi connectivity index (χ0) is 17.2. The van der Waals surface area contributed by atoms with Gasteiger partial charge in [0.05, 0.1) is 17.0 Å². The number of rotatable bonds is 6. The SMILES string of the molecule is CCCCn1c(=O)c2ccccc2n2c(SCC3CCCO3)nnc12. The summed E-state index contributed by atoms with van der Waals surface area (Å²) in [6, 6.07) is 7.71. The Hall–Kier alpha value is -1.86. The second kappa shape index (κ2) is 7.17. The maximum absolute atomic E-state index is 12.9. The standard InChI is InChI=1S/C18H22N4O2S/c1-2-3-10-21-16(23)14-8-4-5-9-15(14)22-17(21)19-20-18(22)25-12-13-7-6-11-24-13/h4-5,8-9,13H,2-3,6-7,10-12H2,1H3. The molecule has 4 rings (SSSR count). The van der Waals surface area contributed by atoms with Crippen molar-refractivity contribution in [3.8, 4) is 0 Å². The summed E-state index contributed by atoms with van der Waals surface area (Å²) in [4.78, 5) is 12.9. The number of aromatic nitrogens is 4. The highest BCUT2D eigenvalue weighted by atomic mass is 32.2. The highest BCUT2D eigenvalue weighted by Crippen LogP contribution is 2.25. The summed E-state index contributed by atoms with van der Waals surface area (Å²) in [5, 5.41) is 10.3. The monoisotopic (exact) mass is 358 g/mol. The second-order valence-corrected chi connectivity index (χ2v) is 7.38. The van der Waals surface area contributed by atoms with Crippen LogP contribution in [0.2, 0.25) is 0 Å². The van der Waals surface area contributed by atoms with E-state index >= 15 is 0 Å². The van der Waals surface area contributed by atoms with Crippen LogP contribution in [0, 0.1) is 0 Å². The molecular weight excluding hydrogens is 336 g/mol. The lowest BCUT2D eigenvalue weighted by molar-refractivity contribution is 0.129. The van der Waals surface area contributed by atoms with E-state index in [2.05, 4.69) is 17.1 Å². The largest absolute Gasteiger partial charge is 0.377 e. The smallest absolute Gasteiger partial charge is 0.262 e. The van der Waals surface area contributed by atoms with E-state index in [1.807, 2.05) is 28.7 Å². The maximum atomic E-state index is 12.9. The number of nitrogens with zero attached hydrogens (tertiary/aromatic N) is 4. The topological polar surface area (TPSA) is 61.4 Å². The van der Waals surface area contributed by atoms with Crippen molar-refractivity contribution in [2.24, 2.45) is 0 Å². The third kappa shape index (κ3) is 3.06. The number of para-hydroxylation sites is 1. The number of unbranched alkanes of at least 4 members (excludes halogenated alkanes) is 1. The summed E-state index contributed by atoms with van der Waals surface area (Å²) in [5.74, 6) is 1.50. The van der Waals surface area contributed by atoms with Crippen molar-refractivity contribution in [1.82, 2.24) is 19.2 Å². The van der Waals surface area contributed by atoms with Gasteiger partial charge in [0.2, 0.25) is 5.78 Å². The van der Waals surface area contributed by atoms with E-state index in [1.54, 1.807) is 16.3 Å². The Morgan fingerprint density at radius 3 is 3.00 bits per heavy atom. The van der Waals surface area contributed by atoms with Gasteiger partial charge in [0.15, 0.2) is 5.16 Å². The quantitative estimate of drug-likeness (QED) is 0.634. The van der Waals surface area contributed by atoms with Gasteiger partial charge in [-0.3, -0.25) is 13.8 Å². The van der Waals surface area contributed by atoms with Gasteiger partial charge < -0.3 is 4.74 Å². The van der Waals surface area contributed by atoms with Crippen LogP contribution in [-0.4, -0.2) is 37.6 Å². The number of aryl methyl sites for hydroxylation is 1. The molecule has 1 atom stereocenters. The van der Waals surface area contributed by atoms with Crippen molar-refractivity contribution in [3.05, 3.63) is 34.6 Å². The van der Waals surface area contributed by atoms with E-state index in [0.29, 0.717) is 17.7 Å². The molecule has 0 saturated carbocycles. The van der Waals surface area contributed by atoms with Crippen molar-refractivity contribution >= 4 is 28.4 Å².